The Balaban J connectivity index is 1.60. The largest absolute Gasteiger partial charge is 0.493 e. The van der Waals surface area contributed by atoms with E-state index in [0.29, 0.717) is 62.9 Å². The lowest BCUT2D eigenvalue weighted by molar-refractivity contribution is -0.144. The van der Waals surface area contributed by atoms with Gasteiger partial charge in [-0.2, -0.15) is 0 Å². The number of amides is 3. The summed E-state index contributed by atoms with van der Waals surface area (Å²) in [6.07, 6.45) is 3.22. The van der Waals surface area contributed by atoms with Gasteiger partial charge >= 0.3 is 12.0 Å². The first-order valence-corrected chi connectivity index (χ1v) is 15.0. The lowest BCUT2D eigenvalue weighted by atomic mass is 9.84. The average Bonchev–Trinajstić information content (AvgIpc) is 3.66. The SMILES string of the molecule is CCCCN(CCCN(C)C)C(=O)CN1CC(c2cc(OC)c3c(c2)OCO3)C(C(=O)O)C1CCN1CCN(C)C1=O. The number of carboxylic acids is 1. The number of methoxy groups -OCH3 is 1. The smallest absolute Gasteiger partial charge is 0.319 e. The summed E-state index contributed by atoms with van der Waals surface area (Å²) in [5, 5.41) is 10.6. The van der Waals surface area contributed by atoms with Crippen molar-refractivity contribution in [1.82, 2.24) is 24.5 Å². The summed E-state index contributed by atoms with van der Waals surface area (Å²) < 4.78 is 16.7. The molecule has 1 aromatic carbocycles. The van der Waals surface area contributed by atoms with E-state index in [1.165, 1.54) is 0 Å². The fourth-order valence-corrected chi connectivity index (χ4v) is 6.31. The molecule has 0 aliphatic carbocycles. The Labute approximate surface area is 249 Å². The summed E-state index contributed by atoms with van der Waals surface area (Å²) in [6.45, 7) is 6.62. The summed E-state index contributed by atoms with van der Waals surface area (Å²) in [4.78, 5) is 48.8. The zero-order chi connectivity index (χ0) is 30.4. The van der Waals surface area contributed by atoms with Crippen molar-refractivity contribution < 1.29 is 33.7 Å². The van der Waals surface area contributed by atoms with E-state index < -0.39 is 23.8 Å². The van der Waals surface area contributed by atoms with Crippen LogP contribution in [0.15, 0.2) is 12.1 Å². The number of nitrogens with zero attached hydrogens (tertiary/aromatic N) is 5. The van der Waals surface area contributed by atoms with Gasteiger partial charge in [0.2, 0.25) is 18.4 Å². The molecule has 3 unspecified atom stereocenters. The van der Waals surface area contributed by atoms with E-state index in [0.717, 1.165) is 31.4 Å². The molecule has 3 atom stereocenters. The van der Waals surface area contributed by atoms with E-state index in [4.69, 9.17) is 14.2 Å². The molecule has 0 spiro atoms. The molecule has 3 aliphatic heterocycles. The number of ether oxygens (including phenoxy) is 3. The molecule has 0 radical (unpaired) electrons. The number of unbranched alkanes of at least 4 members (excludes halogenated alkanes) is 1. The molecular formula is C30H47N5O7. The van der Waals surface area contributed by atoms with Crippen LogP contribution in [0.5, 0.6) is 17.2 Å². The van der Waals surface area contributed by atoms with Crippen molar-refractivity contribution >= 4 is 17.9 Å². The van der Waals surface area contributed by atoms with E-state index in [1.54, 1.807) is 24.0 Å². The maximum absolute atomic E-state index is 13.8. The first kappa shape index (κ1) is 31.7. The maximum Gasteiger partial charge on any atom is 0.319 e. The van der Waals surface area contributed by atoms with E-state index in [9.17, 15) is 19.5 Å². The number of aliphatic carboxylic acids is 1. The second kappa shape index (κ2) is 14.3. The van der Waals surface area contributed by atoms with Gasteiger partial charge in [-0.1, -0.05) is 13.3 Å². The molecule has 0 aromatic heterocycles. The van der Waals surface area contributed by atoms with Crippen molar-refractivity contribution in [2.24, 2.45) is 5.92 Å². The third kappa shape index (κ3) is 7.20. The van der Waals surface area contributed by atoms with Gasteiger partial charge in [0.25, 0.3) is 0 Å². The molecule has 0 saturated carbocycles. The normalized spacial score (nSPS) is 22.0. The van der Waals surface area contributed by atoms with Gasteiger partial charge in [0, 0.05) is 58.3 Å². The van der Waals surface area contributed by atoms with Crippen molar-refractivity contribution in [2.75, 3.05) is 87.4 Å². The van der Waals surface area contributed by atoms with Gasteiger partial charge < -0.3 is 38.9 Å². The number of carboxylic acid groups (broad SMARTS) is 1. The number of hydrogen-bond donors (Lipinski definition) is 1. The summed E-state index contributed by atoms with van der Waals surface area (Å²) in [7, 11) is 7.36. The molecule has 1 N–H and O–H groups in total. The topological polar surface area (TPSA) is 115 Å². The number of likely N-dealkylation sites (N-methyl/N-ethyl adjacent to an activating group) is 1. The zero-order valence-corrected chi connectivity index (χ0v) is 25.7. The van der Waals surface area contributed by atoms with Crippen LogP contribution in [0.4, 0.5) is 4.79 Å². The minimum Gasteiger partial charge on any atom is -0.493 e. The molecule has 3 amide bonds. The van der Waals surface area contributed by atoms with Gasteiger partial charge in [-0.05, 0) is 57.6 Å². The number of likely N-dealkylation sites (tertiary alicyclic amines) is 1. The van der Waals surface area contributed by atoms with Crippen molar-refractivity contribution in [3.8, 4) is 17.2 Å². The molecule has 12 heteroatoms. The minimum absolute atomic E-state index is 0.0113. The molecule has 2 fully saturated rings. The third-order valence-corrected chi connectivity index (χ3v) is 8.65. The van der Waals surface area contributed by atoms with Crippen molar-refractivity contribution in [1.29, 1.82) is 0 Å². The number of carbonyl (C=O) groups is 3. The number of urea groups is 1. The maximum atomic E-state index is 13.8. The Morgan fingerprint density at radius 1 is 1.12 bits per heavy atom. The second-order valence-electron chi connectivity index (χ2n) is 11.8. The fourth-order valence-electron chi connectivity index (χ4n) is 6.31. The van der Waals surface area contributed by atoms with Crippen LogP contribution in [0.1, 0.15) is 44.1 Å². The van der Waals surface area contributed by atoms with Gasteiger partial charge in [-0.25, -0.2) is 4.79 Å². The van der Waals surface area contributed by atoms with Crippen molar-refractivity contribution in [3.05, 3.63) is 17.7 Å². The van der Waals surface area contributed by atoms with Gasteiger partial charge in [-0.3, -0.25) is 14.5 Å². The number of fused-ring (bicyclic) bond motifs is 1. The monoisotopic (exact) mass is 589 g/mol. The highest BCUT2D eigenvalue weighted by Gasteiger charge is 2.48. The predicted octanol–water partition coefficient (Wildman–Crippen LogP) is 2.23. The lowest BCUT2D eigenvalue weighted by Crippen LogP contribution is -2.46. The number of carbonyl (C=O) groups excluding carboxylic acids is 2. The summed E-state index contributed by atoms with van der Waals surface area (Å²) in [5.74, 6) is -0.567. The van der Waals surface area contributed by atoms with Crippen molar-refractivity contribution in [2.45, 2.75) is 44.6 Å². The van der Waals surface area contributed by atoms with Crippen LogP contribution in [-0.2, 0) is 9.59 Å². The lowest BCUT2D eigenvalue weighted by Gasteiger charge is -2.31. The molecule has 3 aliphatic rings. The van der Waals surface area contributed by atoms with Gasteiger partial charge in [0.1, 0.15) is 0 Å². The highest BCUT2D eigenvalue weighted by Crippen LogP contribution is 2.47. The van der Waals surface area contributed by atoms with E-state index >= 15 is 0 Å². The Morgan fingerprint density at radius 2 is 1.88 bits per heavy atom. The first-order chi connectivity index (χ1) is 20.1. The predicted molar refractivity (Wildman–Crippen MR) is 157 cm³/mol. The average molecular weight is 590 g/mol. The molecule has 1 aromatic rings. The van der Waals surface area contributed by atoms with Crippen LogP contribution in [0.2, 0.25) is 0 Å². The fraction of sp³-hybridized carbons (Fsp3) is 0.700. The van der Waals surface area contributed by atoms with Crippen LogP contribution in [0.3, 0.4) is 0 Å². The van der Waals surface area contributed by atoms with Crippen LogP contribution in [0, 0.1) is 5.92 Å². The number of benzene rings is 1. The van der Waals surface area contributed by atoms with Crippen LogP contribution < -0.4 is 14.2 Å². The Kier molecular flexibility index (Phi) is 10.8. The third-order valence-electron chi connectivity index (χ3n) is 8.65. The molecule has 234 valence electrons. The summed E-state index contributed by atoms with van der Waals surface area (Å²) in [6, 6.07) is 3.18. The van der Waals surface area contributed by atoms with E-state index in [2.05, 4.69) is 11.8 Å². The highest BCUT2D eigenvalue weighted by atomic mass is 16.7. The van der Waals surface area contributed by atoms with Gasteiger partial charge in [0.15, 0.2) is 11.5 Å². The molecule has 3 heterocycles. The van der Waals surface area contributed by atoms with Crippen LogP contribution >= 0.6 is 0 Å². The molecule has 12 nitrogen and oxygen atoms in total. The van der Waals surface area contributed by atoms with Gasteiger partial charge in [0.05, 0.1) is 19.6 Å². The van der Waals surface area contributed by atoms with Crippen molar-refractivity contribution in [3.63, 3.8) is 0 Å². The van der Waals surface area contributed by atoms with Crippen LogP contribution in [-0.4, -0.2) is 141 Å². The Hall–Kier alpha value is -3.25. The quantitative estimate of drug-likeness (QED) is 0.329. The molecule has 0 bridgehead atoms. The number of hydrogen-bond acceptors (Lipinski definition) is 8. The Bertz CT molecular complexity index is 1120. The molecule has 42 heavy (non-hydrogen) atoms. The summed E-state index contributed by atoms with van der Waals surface area (Å²) >= 11 is 0. The standard InChI is InChI=1S/C30H47N5O7/c1-6-7-11-33(12-8-10-31(2)3)26(36)19-35-18-22(21-16-24(40-5)28-25(17-21)41-20-42-28)27(29(37)38)23(35)9-13-34-15-14-32(4)30(34)39/h16-17,22-23,27H,6-15,18-20H2,1-5H3,(H,37,38). The van der Waals surface area contributed by atoms with E-state index in [-0.39, 0.29) is 25.3 Å². The molecule has 2 saturated heterocycles. The second-order valence-corrected chi connectivity index (χ2v) is 11.8. The van der Waals surface area contributed by atoms with Gasteiger partial charge in [-0.15, -0.1) is 0 Å². The Morgan fingerprint density at radius 3 is 2.52 bits per heavy atom. The number of rotatable bonds is 15. The molecule has 4 rings (SSSR count). The first-order valence-electron chi connectivity index (χ1n) is 15.0. The van der Waals surface area contributed by atoms with Crippen LogP contribution in [0.25, 0.3) is 0 Å². The van der Waals surface area contributed by atoms with E-state index in [1.807, 2.05) is 36.0 Å². The summed E-state index contributed by atoms with van der Waals surface area (Å²) in [5.41, 5.74) is 0.772. The molecular weight excluding hydrogens is 542 g/mol. The zero-order valence-electron chi connectivity index (χ0n) is 25.7. The minimum atomic E-state index is -0.921. The highest BCUT2D eigenvalue weighted by molar-refractivity contribution is 5.79.